The van der Waals surface area contributed by atoms with Crippen molar-refractivity contribution in [1.29, 1.82) is 0 Å². The van der Waals surface area contributed by atoms with Crippen LogP contribution in [0.2, 0.25) is 0 Å². The van der Waals surface area contributed by atoms with Gasteiger partial charge in [0.25, 0.3) is 5.91 Å². The van der Waals surface area contributed by atoms with Crippen molar-refractivity contribution in [2.75, 3.05) is 44.3 Å². The molecule has 7 nitrogen and oxygen atoms in total. The first-order valence-corrected chi connectivity index (χ1v) is 9.12. The number of amides is 1. The number of fused-ring (bicyclic) bond motifs is 1. The second kappa shape index (κ2) is 8.75. The van der Waals surface area contributed by atoms with Gasteiger partial charge >= 0.3 is 0 Å². The molecule has 0 spiro atoms. The molecule has 2 aromatic heterocycles. The fourth-order valence-electron chi connectivity index (χ4n) is 2.83. The zero-order valence-corrected chi connectivity index (χ0v) is 16.0. The molecule has 0 aliphatic carbocycles. The first kappa shape index (κ1) is 19.7. The zero-order valence-electron chi connectivity index (χ0n) is 14.3. The van der Waals surface area contributed by atoms with Gasteiger partial charge in [0.15, 0.2) is 5.13 Å². The number of carbonyl (C=O) groups excluding carboxylic acids is 1. The number of hydrogen-bond donors (Lipinski definition) is 0. The number of para-hydroxylation sites is 1. The van der Waals surface area contributed by atoms with Crippen molar-refractivity contribution in [2.45, 2.75) is 0 Å². The maximum absolute atomic E-state index is 14.0. The normalized spacial score (nSPS) is 14.9. The summed E-state index contributed by atoms with van der Waals surface area (Å²) < 4.78 is 25.1. The predicted molar refractivity (Wildman–Crippen MR) is 102 cm³/mol. The quantitative estimate of drug-likeness (QED) is 0.641. The Balaban J connectivity index is 0.00000210. The molecule has 1 saturated heterocycles. The van der Waals surface area contributed by atoms with Crippen LogP contribution in [0.15, 0.2) is 35.0 Å². The van der Waals surface area contributed by atoms with Crippen molar-refractivity contribution < 1.29 is 18.4 Å². The molecule has 0 atom stereocenters. The molecule has 0 saturated carbocycles. The largest absolute Gasteiger partial charge is 0.379 e. The van der Waals surface area contributed by atoms with Gasteiger partial charge in [-0.05, 0) is 12.1 Å². The van der Waals surface area contributed by atoms with Crippen molar-refractivity contribution in [1.82, 2.24) is 15.0 Å². The average Bonchev–Trinajstić information content (AvgIpc) is 3.33. The number of nitrogens with zero attached hydrogens (tertiary/aromatic N) is 4. The molecule has 10 heteroatoms. The van der Waals surface area contributed by atoms with Crippen molar-refractivity contribution in [3.8, 4) is 0 Å². The molecule has 1 aliphatic heterocycles. The van der Waals surface area contributed by atoms with Gasteiger partial charge in [0, 0.05) is 32.2 Å². The summed E-state index contributed by atoms with van der Waals surface area (Å²) >= 11 is 1.28. The van der Waals surface area contributed by atoms with E-state index in [2.05, 4.69) is 15.0 Å². The lowest BCUT2D eigenvalue weighted by molar-refractivity contribution is 0.0390. The molecule has 27 heavy (non-hydrogen) atoms. The summed E-state index contributed by atoms with van der Waals surface area (Å²) in [6.45, 7) is 4.09. The Morgan fingerprint density at radius 3 is 2.81 bits per heavy atom. The third kappa shape index (κ3) is 4.27. The number of thiazole rings is 1. The Kier molecular flexibility index (Phi) is 6.38. The minimum atomic E-state index is -0.398. The minimum Gasteiger partial charge on any atom is -0.379 e. The number of aromatic nitrogens is 2. The zero-order chi connectivity index (χ0) is 17.9. The number of hydrogen-bond acceptors (Lipinski definition) is 7. The second-order valence-electron chi connectivity index (χ2n) is 5.87. The SMILES string of the molecule is Cl.O=C(c1ccno1)N(CCN1CCOCC1)c1nc2c(F)cccc2s1. The van der Waals surface area contributed by atoms with Crippen LogP contribution in [-0.4, -0.2) is 60.3 Å². The molecule has 3 aromatic rings. The number of halogens is 2. The number of anilines is 1. The highest BCUT2D eigenvalue weighted by Gasteiger charge is 2.25. The number of rotatable bonds is 5. The molecule has 0 bridgehead atoms. The number of carbonyl (C=O) groups is 1. The standard InChI is InChI=1S/C17H17FN4O3S.ClH/c18-12-2-1-3-14-15(12)20-17(26-14)22(16(23)13-4-5-19-25-13)7-6-21-8-10-24-11-9-21;/h1-5H,6-11H2;1H. The third-order valence-electron chi connectivity index (χ3n) is 4.23. The molecular formula is C17H18ClFN4O3S. The van der Waals surface area contributed by atoms with Gasteiger partial charge in [-0.25, -0.2) is 9.37 Å². The Hall–Kier alpha value is -2.07. The van der Waals surface area contributed by atoms with Gasteiger partial charge < -0.3 is 9.26 Å². The van der Waals surface area contributed by atoms with E-state index >= 15 is 0 Å². The Morgan fingerprint density at radius 1 is 1.30 bits per heavy atom. The first-order valence-electron chi connectivity index (χ1n) is 8.30. The van der Waals surface area contributed by atoms with E-state index in [4.69, 9.17) is 9.26 Å². The summed E-state index contributed by atoms with van der Waals surface area (Å²) in [5.74, 6) is -0.604. The Labute approximate surface area is 165 Å². The summed E-state index contributed by atoms with van der Waals surface area (Å²) in [7, 11) is 0. The van der Waals surface area contributed by atoms with E-state index in [1.807, 2.05) is 0 Å². The molecule has 4 rings (SSSR count). The summed E-state index contributed by atoms with van der Waals surface area (Å²) in [5, 5.41) is 4.04. The van der Waals surface area contributed by atoms with Gasteiger partial charge in [-0.1, -0.05) is 22.6 Å². The molecule has 0 unspecified atom stereocenters. The lowest BCUT2D eigenvalue weighted by Gasteiger charge is -2.28. The molecule has 0 N–H and O–H groups in total. The van der Waals surface area contributed by atoms with E-state index in [0.29, 0.717) is 36.1 Å². The topological polar surface area (TPSA) is 71.7 Å². The molecule has 0 radical (unpaired) electrons. The molecule has 1 amide bonds. The molecule has 1 aliphatic rings. The van der Waals surface area contributed by atoms with E-state index < -0.39 is 5.82 Å². The van der Waals surface area contributed by atoms with Crippen LogP contribution in [0.3, 0.4) is 0 Å². The van der Waals surface area contributed by atoms with Crippen molar-refractivity contribution in [2.24, 2.45) is 0 Å². The van der Waals surface area contributed by atoms with Crippen LogP contribution in [0.25, 0.3) is 10.2 Å². The molecule has 1 fully saturated rings. The maximum Gasteiger partial charge on any atom is 0.298 e. The lowest BCUT2D eigenvalue weighted by atomic mass is 10.3. The highest BCUT2D eigenvalue weighted by atomic mass is 35.5. The summed E-state index contributed by atoms with van der Waals surface area (Å²) in [6, 6.07) is 6.30. The highest BCUT2D eigenvalue weighted by molar-refractivity contribution is 7.22. The first-order chi connectivity index (χ1) is 12.7. The van der Waals surface area contributed by atoms with Crippen LogP contribution in [0, 0.1) is 5.82 Å². The van der Waals surface area contributed by atoms with E-state index in [0.717, 1.165) is 13.1 Å². The van der Waals surface area contributed by atoms with Crippen molar-refractivity contribution >= 4 is 45.0 Å². The third-order valence-corrected chi connectivity index (χ3v) is 5.27. The predicted octanol–water partition coefficient (Wildman–Crippen LogP) is 2.82. The number of morpholine rings is 1. The summed E-state index contributed by atoms with van der Waals surface area (Å²) in [4.78, 5) is 21.0. The number of ether oxygens (including phenoxy) is 1. The maximum atomic E-state index is 14.0. The van der Waals surface area contributed by atoms with Gasteiger partial charge in [-0.3, -0.25) is 14.6 Å². The van der Waals surface area contributed by atoms with Crippen LogP contribution in [-0.2, 0) is 4.74 Å². The monoisotopic (exact) mass is 412 g/mol. The van der Waals surface area contributed by atoms with Gasteiger partial charge in [0.2, 0.25) is 5.76 Å². The summed E-state index contributed by atoms with van der Waals surface area (Å²) in [5.41, 5.74) is 0.272. The molecule has 1 aromatic carbocycles. The van der Waals surface area contributed by atoms with Gasteiger partial charge in [0.05, 0.1) is 24.1 Å². The van der Waals surface area contributed by atoms with Crippen LogP contribution in [0.5, 0.6) is 0 Å². The van der Waals surface area contributed by atoms with Gasteiger partial charge in [-0.2, -0.15) is 0 Å². The van der Waals surface area contributed by atoms with Crippen LogP contribution in [0.1, 0.15) is 10.6 Å². The lowest BCUT2D eigenvalue weighted by Crippen LogP contribution is -2.43. The van der Waals surface area contributed by atoms with E-state index in [-0.39, 0.29) is 29.6 Å². The fraction of sp³-hybridized carbons (Fsp3) is 0.353. The summed E-state index contributed by atoms with van der Waals surface area (Å²) in [6.07, 6.45) is 1.42. The molecular weight excluding hydrogens is 395 g/mol. The van der Waals surface area contributed by atoms with Gasteiger partial charge in [-0.15, -0.1) is 12.4 Å². The van der Waals surface area contributed by atoms with Crippen LogP contribution in [0.4, 0.5) is 9.52 Å². The van der Waals surface area contributed by atoms with Crippen molar-refractivity contribution in [3.05, 3.63) is 42.0 Å². The Bertz CT molecular complexity index is 899. The van der Waals surface area contributed by atoms with Gasteiger partial charge in [0.1, 0.15) is 11.3 Å². The van der Waals surface area contributed by atoms with Crippen LogP contribution >= 0.6 is 23.7 Å². The number of benzene rings is 1. The second-order valence-corrected chi connectivity index (χ2v) is 6.88. The minimum absolute atomic E-state index is 0. The average molecular weight is 413 g/mol. The fourth-order valence-corrected chi connectivity index (χ4v) is 3.83. The molecule has 144 valence electrons. The van der Waals surface area contributed by atoms with E-state index in [1.54, 1.807) is 12.1 Å². The highest BCUT2D eigenvalue weighted by Crippen LogP contribution is 2.31. The van der Waals surface area contributed by atoms with Crippen molar-refractivity contribution in [3.63, 3.8) is 0 Å². The Morgan fingerprint density at radius 2 is 2.11 bits per heavy atom. The smallest absolute Gasteiger partial charge is 0.298 e. The molecule has 3 heterocycles. The van der Waals surface area contributed by atoms with Crippen LogP contribution < -0.4 is 4.90 Å². The van der Waals surface area contributed by atoms with E-state index in [9.17, 15) is 9.18 Å². The van der Waals surface area contributed by atoms with E-state index in [1.165, 1.54) is 34.6 Å².